The van der Waals surface area contributed by atoms with Crippen LogP contribution in [0.4, 0.5) is 5.95 Å². The lowest BCUT2D eigenvalue weighted by molar-refractivity contribution is 0.0936. The number of hydrogen-bond donors (Lipinski definition) is 3. The highest BCUT2D eigenvalue weighted by Gasteiger charge is 2.24. The minimum atomic E-state index is -0.870. The molecule has 0 radical (unpaired) electrons. The van der Waals surface area contributed by atoms with Gasteiger partial charge in [-0.3, -0.25) is 14.3 Å². The molecule has 0 aliphatic carbocycles. The largest absolute Gasteiger partial charge is 0.491 e. The second-order valence-electron chi connectivity index (χ2n) is 7.03. The molecule has 3 aromatic rings. The summed E-state index contributed by atoms with van der Waals surface area (Å²) in [5.41, 5.74) is -0.483. The van der Waals surface area contributed by atoms with Gasteiger partial charge in [-0.1, -0.05) is 18.2 Å². The second-order valence-corrected chi connectivity index (χ2v) is 7.03. The van der Waals surface area contributed by atoms with E-state index >= 15 is 0 Å². The molecule has 1 aliphatic heterocycles. The Hall–Kier alpha value is -3.11. The highest BCUT2D eigenvalue weighted by molar-refractivity contribution is 5.74. The van der Waals surface area contributed by atoms with E-state index in [4.69, 9.17) is 4.74 Å². The number of aromatic amines is 1. The first-order chi connectivity index (χ1) is 14.0. The van der Waals surface area contributed by atoms with Gasteiger partial charge in [-0.25, -0.2) is 4.79 Å². The molecule has 0 amide bonds. The molecule has 1 aromatic carbocycles. The summed E-state index contributed by atoms with van der Waals surface area (Å²) in [4.78, 5) is 33.5. The zero-order valence-electron chi connectivity index (χ0n) is 16.2. The third kappa shape index (κ3) is 3.89. The molecule has 0 bridgehead atoms. The first kappa shape index (κ1) is 19.2. The number of ether oxygens (including phenoxy) is 1. The van der Waals surface area contributed by atoms with Crippen LogP contribution >= 0.6 is 0 Å². The van der Waals surface area contributed by atoms with Gasteiger partial charge < -0.3 is 24.6 Å². The molecule has 0 saturated carbocycles. The molecular formula is C19H24N6O4. The van der Waals surface area contributed by atoms with Crippen molar-refractivity contribution < 1.29 is 9.84 Å². The lowest BCUT2D eigenvalue weighted by Gasteiger charge is -2.29. The van der Waals surface area contributed by atoms with Crippen LogP contribution < -0.4 is 26.2 Å². The number of H-pyrrole nitrogens is 1. The van der Waals surface area contributed by atoms with Gasteiger partial charge in [0.25, 0.3) is 5.56 Å². The van der Waals surface area contributed by atoms with Crippen molar-refractivity contribution in [3.63, 3.8) is 0 Å². The van der Waals surface area contributed by atoms with Gasteiger partial charge in [0.2, 0.25) is 5.95 Å². The first-order valence-corrected chi connectivity index (χ1v) is 9.55. The van der Waals surface area contributed by atoms with Crippen LogP contribution in [0.3, 0.4) is 0 Å². The van der Waals surface area contributed by atoms with E-state index in [1.807, 2.05) is 35.2 Å². The van der Waals surface area contributed by atoms with E-state index in [1.54, 1.807) is 11.6 Å². The van der Waals surface area contributed by atoms with Crippen LogP contribution in [0.2, 0.25) is 0 Å². The Kier molecular flexibility index (Phi) is 5.36. The number of piperazine rings is 1. The molecule has 1 fully saturated rings. The Labute approximate surface area is 166 Å². The van der Waals surface area contributed by atoms with E-state index in [1.165, 1.54) is 4.57 Å². The molecule has 3 heterocycles. The van der Waals surface area contributed by atoms with E-state index in [0.717, 1.165) is 13.1 Å². The summed E-state index contributed by atoms with van der Waals surface area (Å²) in [6.07, 6.45) is -0.870. The number of fused-ring (bicyclic) bond motifs is 1. The Morgan fingerprint density at radius 2 is 1.93 bits per heavy atom. The number of aryl methyl sites for hydroxylation is 1. The Morgan fingerprint density at radius 1 is 1.21 bits per heavy atom. The minimum absolute atomic E-state index is 0.0638. The van der Waals surface area contributed by atoms with Gasteiger partial charge in [0.1, 0.15) is 18.5 Å². The van der Waals surface area contributed by atoms with Gasteiger partial charge in [0.15, 0.2) is 11.2 Å². The summed E-state index contributed by atoms with van der Waals surface area (Å²) >= 11 is 0. The molecule has 2 aromatic heterocycles. The molecule has 1 unspecified atom stereocenters. The summed E-state index contributed by atoms with van der Waals surface area (Å²) in [5.74, 6) is 1.22. The summed E-state index contributed by atoms with van der Waals surface area (Å²) in [6, 6.07) is 9.22. The standard InChI is InChI=1S/C19H24N6O4/c1-23-16-15(17(27)22-19(23)28)25(18(21-16)24-9-7-20-8-10-24)11-13(26)12-29-14-5-3-2-4-6-14/h2-6,13,20,26H,7-12H2,1H3,(H,22,27,28). The summed E-state index contributed by atoms with van der Waals surface area (Å²) in [5, 5.41) is 13.9. The van der Waals surface area contributed by atoms with Crippen molar-refractivity contribution in [2.24, 2.45) is 7.05 Å². The Balaban J connectivity index is 1.68. The smallest absolute Gasteiger partial charge is 0.329 e. The lowest BCUT2D eigenvalue weighted by Crippen LogP contribution is -2.45. The van der Waals surface area contributed by atoms with Crippen molar-refractivity contribution in [1.29, 1.82) is 0 Å². The van der Waals surface area contributed by atoms with Crippen molar-refractivity contribution in [2.75, 3.05) is 37.7 Å². The fourth-order valence-corrected chi connectivity index (χ4v) is 3.47. The molecule has 0 spiro atoms. The zero-order valence-corrected chi connectivity index (χ0v) is 16.2. The number of nitrogens with zero attached hydrogens (tertiary/aromatic N) is 4. The number of hydrogen-bond acceptors (Lipinski definition) is 7. The van der Waals surface area contributed by atoms with Gasteiger partial charge in [0.05, 0.1) is 6.54 Å². The van der Waals surface area contributed by atoms with Gasteiger partial charge in [0, 0.05) is 33.2 Å². The Bertz CT molecular complexity index is 1100. The normalized spacial score (nSPS) is 15.6. The summed E-state index contributed by atoms with van der Waals surface area (Å²) in [6.45, 7) is 3.19. The quantitative estimate of drug-likeness (QED) is 0.500. The zero-order chi connectivity index (χ0) is 20.4. The molecule has 4 rings (SSSR count). The monoisotopic (exact) mass is 400 g/mol. The van der Waals surface area contributed by atoms with Crippen LogP contribution in [0.1, 0.15) is 0 Å². The average Bonchev–Trinajstić information content (AvgIpc) is 3.12. The molecule has 1 saturated heterocycles. The van der Waals surface area contributed by atoms with Crippen LogP contribution in [0, 0.1) is 0 Å². The number of aromatic nitrogens is 4. The molecule has 29 heavy (non-hydrogen) atoms. The highest BCUT2D eigenvalue weighted by atomic mass is 16.5. The predicted octanol–water partition coefficient (Wildman–Crippen LogP) is -0.727. The van der Waals surface area contributed by atoms with E-state index in [0.29, 0.717) is 30.4 Å². The van der Waals surface area contributed by atoms with Crippen LogP contribution in [-0.2, 0) is 13.6 Å². The summed E-state index contributed by atoms with van der Waals surface area (Å²) in [7, 11) is 1.56. The molecular weight excluding hydrogens is 376 g/mol. The van der Waals surface area contributed by atoms with Crippen LogP contribution in [0.25, 0.3) is 11.2 Å². The van der Waals surface area contributed by atoms with E-state index < -0.39 is 17.4 Å². The van der Waals surface area contributed by atoms with Crippen LogP contribution in [0.15, 0.2) is 39.9 Å². The third-order valence-electron chi connectivity index (χ3n) is 4.97. The van der Waals surface area contributed by atoms with E-state index in [2.05, 4.69) is 15.3 Å². The van der Waals surface area contributed by atoms with Crippen molar-refractivity contribution in [2.45, 2.75) is 12.6 Å². The van der Waals surface area contributed by atoms with E-state index in [-0.39, 0.29) is 18.7 Å². The molecule has 154 valence electrons. The maximum atomic E-state index is 12.6. The van der Waals surface area contributed by atoms with Gasteiger partial charge >= 0.3 is 5.69 Å². The number of aliphatic hydroxyl groups excluding tert-OH is 1. The maximum absolute atomic E-state index is 12.6. The number of para-hydroxylation sites is 1. The number of imidazole rings is 1. The minimum Gasteiger partial charge on any atom is -0.491 e. The third-order valence-corrected chi connectivity index (χ3v) is 4.97. The maximum Gasteiger partial charge on any atom is 0.329 e. The van der Waals surface area contributed by atoms with Crippen molar-refractivity contribution in [3.8, 4) is 5.75 Å². The average molecular weight is 400 g/mol. The highest BCUT2D eigenvalue weighted by Crippen LogP contribution is 2.20. The second kappa shape index (κ2) is 8.10. The first-order valence-electron chi connectivity index (χ1n) is 9.55. The van der Waals surface area contributed by atoms with Crippen molar-refractivity contribution >= 4 is 17.1 Å². The Morgan fingerprint density at radius 3 is 2.66 bits per heavy atom. The lowest BCUT2D eigenvalue weighted by atomic mass is 10.3. The molecule has 3 N–H and O–H groups in total. The van der Waals surface area contributed by atoms with Gasteiger partial charge in [-0.05, 0) is 12.1 Å². The molecule has 10 heteroatoms. The number of nitrogens with one attached hydrogen (secondary N) is 2. The molecule has 1 aliphatic rings. The predicted molar refractivity (Wildman–Crippen MR) is 109 cm³/mol. The number of benzene rings is 1. The molecule has 10 nitrogen and oxygen atoms in total. The summed E-state index contributed by atoms with van der Waals surface area (Å²) < 4.78 is 8.63. The fourth-order valence-electron chi connectivity index (χ4n) is 3.47. The van der Waals surface area contributed by atoms with Gasteiger partial charge in [-0.2, -0.15) is 4.98 Å². The number of aliphatic hydroxyl groups is 1. The van der Waals surface area contributed by atoms with Crippen LogP contribution in [0.5, 0.6) is 5.75 Å². The fraction of sp³-hybridized carbons (Fsp3) is 0.421. The van der Waals surface area contributed by atoms with Gasteiger partial charge in [-0.15, -0.1) is 0 Å². The number of anilines is 1. The van der Waals surface area contributed by atoms with Crippen molar-refractivity contribution in [1.82, 2.24) is 24.4 Å². The SMILES string of the molecule is Cn1c(=O)[nH]c(=O)c2c1nc(N1CCNCC1)n2CC(O)COc1ccccc1. The van der Waals surface area contributed by atoms with Crippen molar-refractivity contribution in [3.05, 3.63) is 51.2 Å². The topological polar surface area (TPSA) is 117 Å². The molecule has 1 atom stereocenters. The number of rotatable bonds is 6. The van der Waals surface area contributed by atoms with E-state index in [9.17, 15) is 14.7 Å². The van der Waals surface area contributed by atoms with Crippen LogP contribution in [-0.4, -0.2) is 63.1 Å².